The van der Waals surface area contributed by atoms with Crippen molar-refractivity contribution in [3.05, 3.63) is 53.6 Å². The molecule has 0 atom stereocenters. The van der Waals surface area contributed by atoms with Gasteiger partial charge in [-0.1, -0.05) is 31.2 Å². The normalized spacial score (nSPS) is 16.4. The van der Waals surface area contributed by atoms with Gasteiger partial charge in [0.15, 0.2) is 0 Å². The van der Waals surface area contributed by atoms with E-state index in [4.69, 9.17) is 10.6 Å². The van der Waals surface area contributed by atoms with Crippen molar-refractivity contribution in [1.29, 1.82) is 0 Å². The zero-order valence-electron chi connectivity index (χ0n) is 20.6. The van der Waals surface area contributed by atoms with E-state index in [1.807, 2.05) is 38.1 Å². The van der Waals surface area contributed by atoms with Crippen LogP contribution in [0, 0.1) is 5.92 Å². The predicted molar refractivity (Wildman–Crippen MR) is 139 cm³/mol. The van der Waals surface area contributed by atoms with E-state index in [0.717, 1.165) is 23.1 Å². The molecule has 0 bridgehead atoms. The average Bonchev–Trinajstić information content (AvgIpc) is 3.00. The molecule has 0 aliphatic carbocycles. The summed E-state index contributed by atoms with van der Waals surface area (Å²) >= 11 is 0. The van der Waals surface area contributed by atoms with Crippen molar-refractivity contribution in [2.24, 2.45) is 16.6 Å². The van der Waals surface area contributed by atoms with Gasteiger partial charge < -0.3 is 10.8 Å². The van der Waals surface area contributed by atoms with Crippen molar-refractivity contribution in [2.45, 2.75) is 31.6 Å². The Balaban J connectivity index is 1.64. The molecule has 2 heterocycles. The SMILES string of the molecule is CCCN(OCC)C(=O)C1=Cc2ccc(-c3cccc(S(=O)(=O)N4CC(CO)C4)c3)cc2N=C(N)C1. The fraction of sp³-hybridized carbons (Fsp3) is 0.385. The summed E-state index contributed by atoms with van der Waals surface area (Å²) < 4.78 is 27.3. The molecule has 0 radical (unpaired) electrons. The van der Waals surface area contributed by atoms with E-state index >= 15 is 0 Å². The third kappa shape index (κ3) is 5.36. The minimum absolute atomic E-state index is 0.0109. The molecule has 3 N–H and O–H groups in total. The molecule has 0 saturated carbocycles. The zero-order valence-corrected chi connectivity index (χ0v) is 21.4. The molecule has 0 unspecified atom stereocenters. The third-order valence-electron chi connectivity index (χ3n) is 6.20. The van der Waals surface area contributed by atoms with Crippen LogP contribution >= 0.6 is 0 Å². The van der Waals surface area contributed by atoms with Gasteiger partial charge >= 0.3 is 0 Å². The van der Waals surface area contributed by atoms with Crippen molar-refractivity contribution in [3.8, 4) is 11.1 Å². The lowest BCUT2D eigenvalue weighted by Gasteiger charge is -2.36. The van der Waals surface area contributed by atoms with Crippen LogP contribution in [0.15, 0.2) is 57.9 Å². The van der Waals surface area contributed by atoms with Gasteiger partial charge in [0.05, 0.1) is 17.2 Å². The number of hydroxylamine groups is 2. The van der Waals surface area contributed by atoms with Crippen molar-refractivity contribution in [2.75, 3.05) is 32.8 Å². The molecule has 36 heavy (non-hydrogen) atoms. The van der Waals surface area contributed by atoms with Crippen molar-refractivity contribution in [1.82, 2.24) is 9.37 Å². The molecular weight excluding hydrogens is 480 g/mol. The third-order valence-corrected chi connectivity index (χ3v) is 8.02. The number of carbonyl (C=O) groups is 1. The van der Waals surface area contributed by atoms with Gasteiger partial charge in [-0.15, -0.1) is 0 Å². The highest BCUT2D eigenvalue weighted by atomic mass is 32.2. The summed E-state index contributed by atoms with van der Waals surface area (Å²) in [5.74, 6) is 0.0652. The average molecular weight is 513 g/mol. The molecule has 0 aromatic heterocycles. The summed E-state index contributed by atoms with van der Waals surface area (Å²) in [4.78, 5) is 23.3. The lowest BCUT2D eigenvalue weighted by atomic mass is 10.0. The molecule has 1 amide bonds. The van der Waals surface area contributed by atoms with Gasteiger partial charge in [0.1, 0.15) is 5.84 Å². The Morgan fingerprint density at radius 2 is 1.94 bits per heavy atom. The second-order valence-electron chi connectivity index (χ2n) is 8.95. The molecule has 1 saturated heterocycles. The minimum atomic E-state index is -3.63. The molecule has 2 aliphatic heterocycles. The monoisotopic (exact) mass is 512 g/mol. The van der Waals surface area contributed by atoms with Gasteiger partial charge in [-0.25, -0.2) is 18.5 Å². The molecule has 2 aromatic carbocycles. The predicted octanol–water partition coefficient (Wildman–Crippen LogP) is 2.93. The summed E-state index contributed by atoms with van der Waals surface area (Å²) in [6.07, 6.45) is 2.75. The Morgan fingerprint density at radius 1 is 1.19 bits per heavy atom. The van der Waals surface area contributed by atoms with Crippen LogP contribution in [-0.2, 0) is 19.7 Å². The van der Waals surface area contributed by atoms with Crippen LogP contribution in [0.4, 0.5) is 5.69 Å². The lowest BCUT2D eigenvalue weighted by molar-refractivity contribution is -0.180. The first kappa shape index (κ1) is 26.0. The summed E-state index contributed by atoms with van der Waals surface area (Å²) in [7, 11) is -3.63. The Hall–Kier alpha value is -3.05. The van der Waals surface area contributed by atoms with Crippen LogP contribution in [0.2, 0.25) is 0 Å². The topological polar surface area (TPSA) is 126 Å². The molecule has 4 rings (SSSR count). The number of rotatable bonds is 9. The first-order valence-electron chi connectivity index (χ1n) is 12.1. The van der Waals surface area contributed by atoms with Crippen LogP contribution in [0.1, 0.15) is 32.3 Å². The van der Waals surface area contributed by atoms with Crippen LogP contribution < -0.4 is 5.73 Å². The van der Waals surface area contributed by atoms with E-state index in [0.29, 0.717) is 43.3 Å². The number of hydrogen-bond acceptors (Lipinski definition) is 7. The van der Waals surface area contributed by atoms with Crippen molar-refractivity contribution in [3.63, 3.8) is 0 Å². The molecule has 9 nitrogen and oxygen atoms in total. The summed E-state index contributed by atoms with van der Waals surface area (Å²) in [5, 5.41) is 10.6. The van der Waals surface area contributed by atoms with Crippen LogP contribution in [-0.4, -0.2) is 67.5 Å². The van der Waals surface area contributed by atoms with Crippen molar-refractivity contribution >= 4 is 33.5 Å². The highest BCUT2D eigenvalue weighted by Crippen LogP contribution is 2.34. The number of sulfonamides is 1. The fourth-order valence-corrected chi connectivity index (χ4v) is 5.91. The molecule has 192 valence electrons. The highest BCUT2D eigenvalue weighted by molar-refractivity contribution is 7.89. The molecular formula is C26H32N4O5S. The number of nitrogens with zero attached hydrogens (tertiary/aromatic N) is 3. The fourth-order valence-electron chi connectivity index (χ4n) is 4.27. The smallest absolute Gasteiger partial charge is 0.273 e. The van der Waals surface area contributed by atoms with E-state index in [2.05, 4.69) is 4.99 Å². The summed E-state index contributed by atoms with van der Waals surface area (Å²) in [6, 6.07) is 12.3. The summed E-state index contributed by atoms with van der Waals surface area (Å²) in [6.45, 7) is 5.30. The van der Waals surface area contributed by atoms with E-state index in [-0.39, 0.29) is 29.7 Å². The number of nitrogens with two attached hydrogens (primary N) is 1. The molecule has 10 heteroatoms. The van der Waals surface area contributed by atoms with Gasteiger partial charge in [-0.2, -0.15) is 4.31 Å². The first-order chi connectivity index (χ1) is 17.3. The Labute approximate surface area is 211 Å². The molecule has 2 aromatic rings. The Morgan fingerprint density at radius 3 is 2.64 bits per heavy atom. The number of amides is 1. The Kier molecular flexibility index (Phi) is 7.89. The molecule has 1 fully saturated rings. The van der Waals surface area contributed by atoms with E-state index in [1.54, 1.807) is 24.3 Å². The number of hydrogen-bond donors (Lipinski definition) is 2. The second-order valence-corrected chi connectivity index (χ2v) is 10.9. The number of benzene rings is 2. The Bertz CT molecular complexity index is 1290. The van der Waals surface area contributed by atoms with E-state index in [9.17, 15) is 18.3 Å². The number of aliphatic imine (C=N–C) groups is 1. The minimum Gasteiger partial charge on any atom is -0.396 e. The maximum Gasteiger partial charge on any atom is 0.273 e. The van der Waals surface area contributed by atoms with Crippen molar-refractivity contribution < 1.29 is 23.2 Å². The number of carbonyl (C=O) groups excluding carboxylic acids is 1. The van der Waals surface area contributed by atoms with Crippen LogP contribution in [0.25, 0.3) is 17.2 Å². The highest BCUT2D eigenvalue weighted by Gasteiger charge is 2.36. The van der Waals surface area contributed by atoms with Crippen LogP contribution in [0.5, 0.6) is 0 Å². The van der Waals surface area contributed by atoms with Gasteiger partial charge in [-0.3, -0.25) is 9.63 Å². The van der Waals surface area contributed by atoms with E-state index < -0.39 is 10.0 Å². The second kappa shape index (κ2) is 10.9. The lowest BCUT2D eigenvalue weighted by Crippen LogP contribution is -2.51. The number of aliphatic hydroxyl groups is 1. The van der Waals surface area contributed by atoms with E-state index in [1.165, 1.54) is 9.37 Å². The quantitative estimate of drug-likeness (QED) is 0.498. The van der Waals surface area contributed by atoms with Gasteiger partial charge in [0.2, 0.25) is 10.0 Å². The standard InChI is InChI=1S/C26H32N4O5S/c1-3-10-30(35-4-2)26(32)22-11-21-9-8-20(13-24(21)28-25(27)14-22)19-6-5-7-23(12-19)36(33,34)29-15-18(16-29)17-31/h5-9,11-13,18,31H,3-4,10,14-17H2,1-2H3,(H2,27,28). The van der Waals surface area contributed by atoms with Gasteiger partial charge in [0, 0.05) is 49.7 Å². The number of amidine groups is 1. The number of aliphatic hydroxyl groups excluding tert-OH is 1. The molecule has 0 spiro atoms. The van der Waals surface area contributed by atoms with Gasteiger partial charge in [-0.05, 0) is 48.7 Å². The number of fused-ring (bicyclic) bond motifs is 1. The maximum atomic E-state index is 13.1. The van der Waals surface area contributed by atoms with Gasteiger partial charge in [0.25, 0.3) is 5.91 Å². The largest absolute Gasteiger partial charge is 0.396 e. The summed E-state index contributed by atoms with van der Waals surface area (Å²) in [5.41, 5.74) is 9.52. The first-order valence-corrected chi connectivity index (χ1v) is 13.5. The zero-order chi connectivity index (χ0) is 25.9. The maximum absolute atomic E-state index is 13.1. The van der Waals surface area contributed by atoms with Crippen LogP contribution in [0.3, 0.4) is 0 Å². The molecule has 2 aliphatic rings.